The van der Waals surface area contributed by atoms with Crippen LogP contribution in [0.3, 0.4) is 0 Å². The van der Waals surface area contributed by atoms with Crippen LogP contribution in [-0.4, -0.2) is 21.8 Å². The monoisotopic (exact) mass is 290 g/mol. The number of rotatable bonds is 4. The van der Waals surface area contributed by atoms with Crippen LogP contribution in [0.5, 0.6) is 0 Å². The van der Waals surface area contributed by atoms with Crippen LogP contribution in [0, 0.1) is 6.92 Å². The normalized spacial score (nSPS) is 11.3. The Morgan fingerprint density at radius 1 is 1.35 bits per heavy atom. The predicted octanol–water partition coefficient (Wildman–Crippen LogP) is 2.75. The van der Waals surface area contributed by atoms with Crippen LogP contribution < -0.4 is 5.32 Å². The maximum absolute atomic E-state index is 6.10. The Balaban J connectivity index is 2.06. The number of nitrogens with zero attached hydrogens (tertiary/aromatic N) is 3. The van der Waals surface area contributed by atoms with Crippen molar-refractivity contribution < 1.29 is 4.42 Å². The molecule has 1 N–H and O–H groups in total. The van der Waals surface area contributed by atoms with E-state index >= 15 is 0 Å². The molecule has 0 bridgehead atoms. The number of hydrogen-bond donors (Lipinski definition) is 1. The fourth-order valence-electron chi connectivity index (χ4n) is 2.35. The van der Waals surface area contributed by atoms with Gasteiger partial charge in [0.15, 0.2) is 0 Å². The summed E-state index contributed by atoms with van der Waals surface area (Å²) in [6, 6.07) is 5.91. The summed E-state index contributed by atoms with van der Waals surface area (Å²) < 4.78 is 7.53. The van der Waals surface area contributed by atoms with Gasteiger partial charge in [-0.15, -0.1) is 10.2 Å². The molecule has 0 fully saturated rings. The highest BCUT2D eigenvalue weighted by molar-refractivity contribution is 6.31. The van der Waals surface area contributed by atoms with Crippen LogP contribution in [0.4, 0.5) is 0 Å². The zero-order valence-electron chi connectivity index (χ0n) is 11.4. The molecule has 0 unspecified atom stereocenters. The Morgan fingerprint density at radius 2 is 2.20 bits per heavy atom. The molecule has 104 valence electrons. The minimum absolute atomic E-state index is 0.543. The number of halogens is 1. The van der Waals surface area contributed by atoms with Gasteiger partial charge in [-0.3, -0.25) is 0 Å². The summed E-state index contributed by atoms with van der Waals surface area (Å²) in [6.45, 7) is 3.13. The number of aromatic nitrogens is 3. The molecule has 0 saturated heterocycles. The SMILES string of the molecule is CNCc1cn(Cc2nnc(C)o2)c2cc(Cl)ccc12. The topological polar surface area (TPSA) is 55.9 Å². The highest BCUT2D eigenvalue weighted by Crippen LogP contribution is 2.25. The van der Waals surface area contributed by atoms with E-state index in [0.717, 1.165) is 17.1 Å². The minimum Gasteiger partial charge on any atom is -0.424 e. The highest BCUT2D eigenvalue weighted by Gasteiger charge is 2.11. The van der Waals surface area contributed by atoms with Gasteiger partial charge in [-0.05, 0) is 24.7 Å². The summed E-state index contributed by atoms with van der Waals surface area (Å²) in [5.74, 6) is 1.17. The fraction of sp³-hybridized carbons (Fsp3) is 0.286. The molecule has 5 nitrogen and oxygen atoms in total. The number of nitrogens with one attached hydrogen (secondary N) is 1. The van der Waals surface area contributed by atoms with E-state index < -0.39 is 0 Å². The molecule has 0 aliphatic rings. The molecule has 0 aliphatic heterocycles. The van der Waals surface area contributed by atoms with Gasteiger partial charge < -0.3 is 14.3 Å². The fourth-order valence-corrected chi connectivity index (χ4v) is 2.52. The van der Waals surface area contributed by atoms with Crippen molar-refractivity contribution in [2.75, 3.05) is 7.05 Å². The lowest BCUT2D eigenvalue weighted by molar-refractivity contribution is 0.457. The zero-order chi connectivity index (χ0) is 14.1. The Hall–Kier alpha value is -1.85. The van der Waals surface area contributed by atoms with Gasteiger partial charge in [0.25, 0.3) is 0 Å². The van der Waals surface area contributed by atoms with Gasteiger partial charge >= 0.3 is 0 Å². The van der Waals surface area contributed by atoms with E-state index in [1.807, 2.05) is 25.2 Å². The van der Waals surface area contributed by atoms with E-state index in [9.17, 15) is 0 Å². The quantitative estimate of drug-likeness (QED) is 0.803. The largest absolute Gasteiger partial charge is 0.424 e. The summed E-state index contributed by atoms with van der Waals surface area (Å²) >= 11 is 6.10. The van der Waals surface area contributed by atoms with Crippen molar-refractivity contribution in [2.45, 2.75) is 20.0 Å². The molecule has 0 radical (unpaired) electrons. The van der Waals surface area contributed by atoms with Crippen molar-refractivity contribution in [2.24, 2.45) is 0 Å². The van der Waals surface area contributed by atoms with Gasteiger partial charge in [-0.25, -0.2) is 0 Å². The van der Waals surface area contributed by atoms with E-state index in [2.05, 4.69) is 26.3 Å². The maximum atomic E-state index is 6.10. The van der Waals surface area contributed by atoms with Gasteiger partial charge in [0.05, 0.1) is 5.52 Å². The molecular formula is C14H15ClN4O. The van der Waals surface area contributed by atoms with Gasteiger partial charge in [-0.2, -0.15) is 0 Å². The molecule has 0 spiro atoms. The molecule has 0 aliphatic carbocycles. The molecule has 0 amide bonds. The van der Waals surface area contributed by atoms with Gasteiger partial charge in [-0.1, -0.05) is 17.7 Å². The first-order valence-corrected chi connectivity index (χ1v) is 6.76. The third-order valence-electron chi connectivity index (χ3n) is 3.17. The first-order valence-electron chi connectivity index (χ1n) is 6.38. The smallest absolute Gasteiger partial charge is 0.236 e. The molecule has 6 heteroatoms. The van der Waals surface area contributed by atoms with Gasteiger partial charge in [0.2, 0.25) is 11.8 Å². The molecule has 20 heavy (non-hydrogen) atoms. The van der Waals surface area contributed by atoms with E-state index in [1.54, 1.807) is 6.92 Å². The predicted molar refractivity (Wildman–Crippen MR) is 77.8 cm³/mol. The molecule has 3 aromatic rings. The standard InChI is InChI=1S/C14H15ClN4O/c1-9-17-18-14(20-9)8-19-7-10(6-16-2)12-4-3-11(15)5-13(12)19/h3-5,7,16H,6,8H2,1-2H3. The van der Waals surface area contributed by atoms with E-state index in [-0.39, 0.29) is 0 Å². The highest BCUT2D eigenvalue weighted by atomic mass is 35.5. The Kier molecular flexibility index (Phi) is 3.46. The van der Waals surface area contributed by atoms with Crippen LogP contribution >= 0.6 is 11.6 Å². The Labute approximate surface area is 121 Å². The average Bonchev–Trinajstić information content (AvgIpc) is 2.96. The molecule has 2 aromatic heterocycles. The second kappa shape index (κ2) is 5.26. The van der Waals surface area contributed by atoms with Crippen LogP contribution in [0.2, 0.25) is 5.02 Å². The van der Waals surface area contributed by atoms with Crippen molar-refractivity contribution >= 4 is 22.5 Å². The Bertz CT molecular complexity index is 747. The first-order chi connectivity index (χ1) is 9.67. The van der Waals surface area contributed by atoms with E-state index in [1.165, 1.54) is 10.9 Å². The number of aryl methyl sites for hydroxylation is 1. The first kappa shape index (κ1) is 13.1. The van der Waals surface area contributed by atoms with E-state index in [4.69, 9.17) is 16.0 Å². The van der Waals surface area contributed by atoms with Crippen molar-refractivity contribution in [3.8, 4) is 0 Å². The third-order valence-corrected chi connectivity index (χ3v) is 3.40. The molecule has 2 heterocycles. The van der Waals surface area contributed by atoms with Crippen LogP contribution in [0.15, 0.2) is 28.8 Å². The summed E-state index contributed by atoms with van der Waals surface area (Å²) in [4.78, 5) is 0. The van der Waals surface area contributed by atoms with Gasteiger partial charge in [0, 0.05) is 30.1 Å². The molecule has 0 atom stereocenters. The summed E-state index contributed by atoms with van der Waals surface area (Å²) in [6.07, 6.45) is 2.09. The van der Waals surface area contributed by atoms with Crippen molar-refractivity contribution in [1.82, 2.24) is 20.1 Å². The van der Waals surface area contributed by atoms with Crippen molar-refractivity contribution in [3.05, 3.63) is 46.8 Å². The molecule has 3 rings (SSSR count). The molecule has 1 aromatic carbocycles. The number of hydrogen-bond acceptors (Lipinski definition) is 4. The van der Waals surface area contributed by atoms with Gasteiger partial charge in [0.1, 0.15) is 6.54 Å². The summed E-state index contributed by atoms with van der Waals surface area (Å²) in [5, 5.41) is 13.0. The zero-order valence-corrected chi connectivity index (χ0v) is 12.1. The van der Waals surface area contributed by atoms with Crippen LogP contribution in [0.25, 0.3) is 10.9 Å². The van der Waals surface area contributed by atoms with Crippen LogP contribution in [0.1, 0.15) is 17.3 Å². The average molecular weight is 291 g/mol. The maximum Gasteiger partial charge on any atom is 0.236 e. The second-order valence-electron chi connectivity index (χ2n) is 4.69. The molecule has 0 saturated carbocycles. The van der Waals surface area contributed by atoms with Crippen LogP contribution in [-0.2, 0) is 13.1 Å². The number of fused-ring (bicyclic) bond motifs is 1. The van der Waals surface area contributed by atoms with Crippen molar-refractivity contribution in [3.63, 3.8) is 0 Å². The third kappa shape index (κ3) is 2.42. The summed E-state index contributed by atoms with van der Waals surface area (Å²) in [5.41, 5.74) is 2.29. The molecular weight excluding hydrogens is 276 g/mol. The lowest BCUT2D eigenvalue weighted by atomic mass is 10.2. The van der Waals surface area contributed by atoms with Crippen molar-refractivity contribution in [1.29, 1.82) is 0 Å². The van der Waals surface area contributed by atoms with E-state index in [0.29, 0.717) is 18.3 Å². The Morgan fingerprint density at radius 3 is 2.90 bits per heavy atom. The summed E-state index contributed by atoms with van der Waals surface area (Å²) in [7, 11) is 1.93. The minimum atomic E-state index is 0.543. The lowest BCUT2D eigenvalue weighted by Crippen LogP contribution is -2.04. The second-order valence-corrected chi connectivity index (χ2v) is 5.13. The number of benzene rings is 1. The lowest BCUT2D eigenvalue weighted by Gasteiger charge is -2.01.